The molecule has 10 heteroatoms. The predicted molar refractivity (Wildman–Crippen MR) is 145 cm³/mol. The Morgan fingerprint density at radius 1 is 1.09 bits per heavy atom. The van der Waals surface area contributed by atoms with Crippen LogP contribution < -0.4 is 9.47 Å². The average molecular weight is 640 g/mol. The fourth-order valence-corrected chi connectivity index (χ4v) is 5.23. The van der Waals surface area contributed by atoms with Crippen molar-refractivity contribution in [3.05, 3.63) is 95.9 Å². The molecule has 2 amide bonds. The Bertz CT molecular complexity index is 1380. The third kappa shape index (κ3) is 5.83. The molecule has 1 saturated heterocycles. The number of ether oxygens (including phenoxy) is 2. The first-order chi connectivity index (χ1) is 16.8. The fourth-order valence-electron chi connectivity index (χ4n) is 3.27. The van der Waals surface area contributed by atoms with E-state index >= 15 is 0 Å². The van der Waals surface area contributed by atoms with Gasteiger partial charge in [-0.25, -0.2) is 4.79 Å². The summed E-state index contributed by atoms with van der Waals surface area (Å²) in [5.41, 5.74) is 1.59. The summed E-state index contributed by atoms with van der Waals surface area (Å²) in [5, 5.41) is 0.521. The minimum absolute atomic E-state index is 0.0843. The highest BCUT2D eigenvalue weighted by atomic mass is 127. The second-order valence-electron chi connectivity index (χ2n) is 7.29. The molecule has 35 heavy (non-hydrogen) atoms. The lowest BCUT2D eigenvalue weighted by molar-refractivity contribution is -0.123. The van der Waals surface area contributed by atoms with Gasteiger partial charge in [0.15, 0.2) is 11.5 Å². The second-order valence-corrected chi connectivity index (χ2v) is 10.3. The molecule has 1 fully saturated rings. The predicted octanol–water partition coefficient (Wildman–Crippen LogP) is 7.06. The number of methoxy groups -OCH3 is 1. The molecule has 1 aliphatic heterocycles. The monoisotopic (exact) mass is 639 g/mol. The Morgan fingerprint density at radius 3 is 2.57 bits per heavy atom. The van der Waals surface area contributed by atoms with E-state index in [-0.39, 0.29) is 22.4 Å². The maximum atomic E-state index is 12.9. The summed E-state index contributed by atoms with van der Waals surface area (Å²) in [6, 6.07) is 16.8. The standard InChI is InChI=1S/C25H16Cl2INO5S/c1-33-20-10-14(9-19(28)22(20)34-24(31)15-6-4-7-17(26)12-15)11-21-23(30)29(25(32)35-21)13-16-5-2-3-8-18(16)27/h2-12H,13H2,1H3/b21-11-. The van der Waals surface area contributed by atoms with Crippen LogP contribution in [-0.4, -0.2) is 29.1 Å². The molecular formula is C25H16Cl2INO5S. The molecule has 178 valence electrons. The highest BCUT2D eigenvalue weighted by Gasteiger charge is 2.35. The van der Waals surface area contributed by atoms with E-state index < -0.39 is 11.9 Å². The number of hydrogen-bond donors (Lipinski definition) is 0. The van der Waals surface area contributed by atoms with Crippen molar-refractivity contribution < 1.29 is 23.9 Å². The van der Waals surface area contributed by atoms with Gasteiger partial charge in [-0.15, -0.1) is 0 Å². The summed E-state index contributed by atoms with van der Waals surface area (Å²) in [6.07, 6.45) is 1.60. The van der Waals surface area contributed by atoms with Crippen LogP contribution in [0.25, 0.3) is 6.08 Å². The zero-order valence-corrected chi connectivity index (χ0v) is 22.6. The van der Waals surface area contributed by atoms with Gasteiger partial charge >= 0.3 is 5.97 Å². The maximum Gasteiger partial charge on any atom is 0.343 e. The van der Waals surface area contributed by atoms with Gasteiger partial charge < -0.3 is 9.47 Å². The Labute approximate surface area is 229 Å². The molecule has 3 aromatic carbocycles. The van der Waals surface area contributed by atoms with Crippen LogP contribution in [0.5, 0.6) is 11.5 Å². The molecule has 0 unspecified atom stereocenters. The minimum Gasteiger partial charge on any atom is -0.493 e. The van der Waals surface area contributed by atoms with Crippen molar-refractivity contribution in [1.82, 2.24) is 4.90 Å². The van der Waals surface area contributed by atoms with Gasteiger partial charge in [0.2, 0.25) is 0 Å². The smallest absolute Gasteiger partial charge is 0.343 e. The quantitative estimate of drug-likeness (QED) is 0.124. The summed E-state index contributed by atoms with van der Waals surface area (Å²) in [4.78, 5) is 39.5. The number of imide groups is 1. The van der Waals surface area contributed by atoms with Gasteiger partial charge in [-0.3, -0.25) is 14.5 Å². The molecule has 0 atom stereocenters. The molecule has 0 radical (unpaired) electrons. The first-order valence-electron chi connectivity index (χ1n) is 10.1. The Kier molecular flexibility index (Phi) is 8.05. The zero-order chi connectivity index (χ0) is 25.1. The Balaban J connectivity index is 1.57. The van der Waals surface area contributed by atoms with Crippen LogP contribution in [0, 0.1) is 3.57 Å². The number of rotatable bonds is 6. The summed E-state index contributed by atoms with van der Waals surface area (Å²) in [7, 11) is 1.45. The van der Waals surface area contributed by atoms with Gasteiger partial charge in [0.25, 0.3) is 11.1 Å². The van der Waals surface area contributed by atoms with E-state index in [1.807, 2.05) is 22.6 Å². The molecule has 4 rings (SSSR count). The number of halogens is 3. The van der Waals surface area contributed by atoms with E-state index in [9.17, 15) is 14.4 Å². The molecule has 6 nitrogen and oxygen atoms in total. The molecule has 0 aromatic heterocycles. The molecule has 0 bridgehead atoms. The highest BCUT2D eigenvalue weighted by molar-refractivity contribution is 14.1. The number of amides is 2. The van der Waals surface area contributed by atoms with Gasteiger partial charge in [0.1, 0.15) is 0 Å². The molecule has 0 saturated carbocycles. The van der Waals surface area contributed by atoms with Crippen LogP contribution >= 0.6 is 57.6 Å². The molecule has 1 heterocycles. The van der Waals surface area contributed by atoms with Crippen LogP contribution in [0.4, 0.5) is 4.79 Å². The first-order valence-corrected chi connectivity index (χ1v) is 12.8. The van der Waals surface area contributed by atoms with E-state index in [0.29, 0.717) is 36.1 Å². The van der Waals surface area contributed by atoms with Crippen molar-refractivity contribution in [1.29, 1.82) is 0 Å². The number of hydrogen-bond acceptors (Lipinski definition) is 6. The fraction of sp³-hybridized carbons (Fsp3) is 0.0800. The van der Waals surface area contributed by atoms with Crippen LogP contribution in [-0.2, 0) is 11.3 Å². The van der Waals surface area contributed by atoms with Crippen LogP contribution in [0.2, 0.25) is 10.0 Å². The average Bonchev–Trinajstić information content (AvgIpc) is 3.09. The van der Waals surface area contributed by atoms with Crippen LogP contribution in [0.15, 0.2) is 65.6 Å². The van der Waals surface area contributed by atoms with Crippen LogP contribution in [0.1, 0.15) is 21.5 Å². The van der Waals surface area contributed by atoms with E-state index in [1.165, 1.54) is 13.2 Å². The van der Waals surface area contributed by atoms with Crippen molar-refractivity contribution in [2.45, 2.75) is 6.54 Å². The minimum atomic E-state index is -0.586. The van der Waals surface area contributed by atoms with Gasteiger partial charge in [-0.2, -0.15) is 0 Å². The van der Waals surface area contributed by atoms with E-state index in [4.69, 9.17) is 32.7 Å². The summed E-state index contributed by atoms with van der Waals surface area (Å²) >= 11 is 15.0. The zero-order valence-electron chi connectivity index (χ0n) is 18.1. The molecule has 3 aromatic rings. The van der Waals surface area contributed by atoms with Crippen molar-refractivity contribution >= 4 is 80.7 Å². The van der Waals surface area contributed by atoms with Crippen molar-refractivity contribution in [2.24, 2.45) is 0 Å². The number of carbonyl (C=O) groups is 3. The van der Waals surface area contributed by atoms with E-state index in [2.05, 4.69) is 0 Å². The molecule has 1 aliphatic rings. The van der Waals surface area contributed by atoms with Crippen LogP contribution in [0.3, 0.4) is 0 Å². The molecule has 0 spiro atoms. The largest absolute Gasteiger partial charge is 0.493 e. The lowest BCUT2D eigenvalue weighted by Gasteiger charge is -2.13. The molecule has 0 aliphatic carbocycles. The SMILES string of the molecule is COc1cc(/C=C2\SC(=O)N(Cc3ccccc3Cl)C2=O)cc(I)c1OC(=O)c1cccc(Cl)c1. The summed E-state index contributed by atoms with van der Waals surface area (Å²) in [6.45, 7) is 0.0843. The summed E-state index contributed by atoms with van der Waals surface area (Å²) < 4.78 is 11.6. The number of nitrogens with zero attached hydrogens (tertiary/aromatic N) is 1. The van der Waals surface area contributed by atoms with Crippen molar-refractivity contribution in [3.8, 4) is 11.5 Å². The maximum absolute atomic E-state index is 12.9. The number of thioether (sulfide) groups is 1. The normalized spacial score (nSPS) is 14.5. The third-order valence-electron chi connectivity index (χ3n) is 4.96. The number of benzene rings is 3. The number of esters is 1. The van der Waals surface area contributed by atoms with E-state index in [0.717, 1.165) is 16.7 Å². The Morgan fingerprint density at radius 2 is 1.86 bits per heavy atom. The third-order valence-corrected chi connectivity index (χ3v) is 7.28. The van der Waals surface area contributed by atoms with Gasteiger partial charge in [-0.05, 0) is 88.0 Å². The lowest BCUT2D eigenvalue weighted by Crippen LogP contribution is -2.27. The first kappa shape index (κ1) is 25.6. The Hall–Kier alpha value is -2.53. The topological polar surface area (TPSA) is 72.9 Å². The van der Waals surface area contributed by atoms with Crippen molar-refractivity contribution in [3.63, 3.8) is 0 Å². The summed E-state index contributed by atoms with van der Waals surface area (Å²) in [5.74, 6) is -0.460. The lowest BCUT2D eigenvalue weighted by atomic mass is 10.1. The van der Waals surface area contributed by atoms with E-state index in [1.54, 1.807) is 60.7 Å². The molecular weight excluding hydrogens is 624 g/mol. The highest BCUT2D eigenvalue weighted by Crippen LogP contribution is 2.38. The molecule has 0 N–H and O–H groups in total. The second kappa shape index (κ2) is 11.0. The van der Waals surface area contributed by atoms with Gasteiger partial charge in [0.05, 0.1) is 27.7 Å². The van der Waals surface area contributed by atoms with Crippen molar-refractivity contribution in [2.75, 3.05) is 7.11 Å². The van der Waals surface area contributed by atoms with Gasteiger partial charge in [0, 0.05) is 10.0 Å². The van der Waals surface area contributed by atoms with Gasteiger partial charge in [-0.1, -0.05) is 47.5 Å². The number of carbonyl (C=O) groups excluding carboxylic acids is 3.